The number of hydrogen-bond donors (Lipinski definition) is 1. The van der Waals surface area contributed by atoms with Crippen molar-refractivity contribution in [2.24, 2.45) is 5.92 Å². The van der Waals surface area contributed by atoms with Crippen LogP contribution in [-0.2, 0) is 16.0 Å². The van der Waals surface area contributed by atoms with Gasteiger partial charge in [-0.25, -0.2) is 4.98 Å². The number of hydrogen-bond acceptors (Lipinski definition) is 4. The summed E-state index contributed by atoms with van der Waals surface area (Å²) in [5.74, 6) is 0.877. The molecule has 0 aliphatic carbocycles. The van der Waals surface area contributed by atoms with Crippen LogP contribution in [0.2, 0.25) is 0 Å². The molecule has 3 rings (SSSR count). The Morgan fingerprint density at radius 1 is 1.23 bits per heavy atom. The van der Waals surface area contributed by atoms with Gasteiger partial charge in [-0.3, -0.25) is 9.59 Å². The summed E-state index contributed by atoms with van der Waals surface area (Å²) >= 11 is 0. The van der Waals surface area contributed by atoms with Crippen molar-refractivity contribution >= 4 is 11.9 Å². The molecule has 1 atom stereocenters. The minimum Gasteiger partial charge on any atom is -0.481 e. The summed E-state index contributed by atoms with van der Waals surface area (Å²) in [5.41, 5.74) is 0.967. The number of carbonyl (C=O) groups excluding carboxylic acids is 1. The number of piperidine rings is 1. The van der Waals surface area contributed by atoms with Crippen molar-refractivity contribution in [1.82, 2.24) is 9.88 Å². The van der Waals surface area contributed by atoms with Gasteiger partial charge in [-0.05, 0) is 25.2 Å². The highest BCUT2D eigenvalue weighted by molar-refractivity contribution is 5.76. The van der Waals surface area contributed by atoms with Gasteiger partial charge in [0, 0.05) is 37.9 Å². The van der Waals surface area contributed by atoms with Crippen molar-refractivity contribution in [2.45, 2.75) is 38.5 Å². The molecule has 1 saturated heterocycles. The molecule has 2 aromatic rings. The number of carbonyl (C=O) groups is 2. The van der Waals surface area contributed by atoms with Crippen LogP contribution in [0.25, 0.3) is 11.3 Å². The van der Waals surface area contributed by atoms with Gasteiger partial charge in [0.15, 0.2) is 11.7 Å². The molecule has 1 aromatic heterocycles. The van der Waals surface area contributed by atoms with Gasteiger partial charge in [-0.15, -0.1) is 0 Å². The number of aromatic nitrogens is 1. The molecule has 1 amide bonds. The van der Waals surface area contributed by atoms with Gasteiger partial charge >= 0.3 is 5.97 Å². The Hall–Kier alpha value is -2.63. The van der Waals surface area contributed by atoms with E-state index in [0.717, 1.165) is 24.9 Å². The van der Waals surface area contributed by atoms with Crippen molar-refractivity contribution in [3.63, 3.8) is 0 Å². The van der Waals surface area contributed by atoms with E-state index in [1.165, 1.54) is 0 Å². The van der Waals surface area contributed by atoms with Gasteiger partial charge in [-0.2, -0.15) is 0 Å². The zero-order valence-electron chi connectivity index (χ0n) is 14.8. The molecule has 6 nitrogen and oxygen atoms in total. The highest BCUT2D eigenvalue weighted by atomic mass is 16.4. The molecule has 0 radical (unpaired) electrons. The van der Waals surface area contributed by atoms with Crippen LogP contribution in [0.3, 0.4) is 0 Å². The fourth-order valence-corrected chi connectivity index (χ4v) is 3.39. The third-order valence-electron chi connectivity index (χ3n) is 4.80. The molecule has 1 aliphatic rings. The second-order valence-corrected chi connectivity index (χ2v) is 6.76. The Kier molecular flexibility index (Phi) is 6.04. The predicted octanol–water partition coefficient (Wildman–Crippen LogP) is 3.38. The first-order valence-electron chi connectivity index (χ1n) is 9.11. The molecule has 2 heterocycles. The molecule has 0 bridgehead atoms. The Morgan fingerprint density at radius 3 is 2.81 bits per heavy atom. The van der Waals surface area contributed by atoms with Crippen molar-refractivity contribution in [1.29, 1.82) is 0 Å². The van der Waals surface area contributed by atoms with Crippen LogP contribution >= 0.6 is 0 Å². The van der Waals surface area contributed by atoms with E-state index in [2.05, 4.69) is 4.98 Å². The van der Waals surface area contributed by atoms with Crippen molar-refractivity contribution in [3.8, 4) is 11.3 Å². The van der Waals surface area contributed by atoms with Crippen molar-refractivity contribution in [3.05, 3.63) is 42.4 Å². The highest BCUT2D eigenvalue weighted by Gasteiger charge is 2.24. The smallest absolute Gasteiger partial charge is 0.303 e. The molecule has 1 aromatic carbocycles. The molecule has 6 heteroatoms. The minimum atomic E-state index is -0.772. The molecular formula is C20H24N2O4. The standard InChI is InChI=1S/C20H24N2O4/c23-19(22-12-4-5-15(14-22)8-11-20(24)25)10-9-18-21-13-17(26-18)16-6-2-1-3-7-16/h1-3,6-7,13,15H,4-5,8-12,14H2,(H,24,25). The van der Waals surface area contributed by atoms with E-state index < -0.39 is 5.97 Å². The molecule has 1 aliphatic heterocycles. The molecule has 138 valence electrons. The Labute approximate surface area is 152 Å². The third-order valence-corrected chi connectivity index (χ3v) is 4.80. The lowest BCUT2D eigenvalue weighted by Gasteiger charge is -2.32. The molecule has 1 unspecified atom stereocenters. The first-order valence-corrected chi connectivity index (χ1v) is 9.11. The largest absolute Gasteiger partial charge is 0.481 e. The number of likely N-dealkylation sites (tertiary alicyclic amines) is 1. The van der Waals surface area contributed by atoms with E-state index in [9.17, 15) is 9.59 Å². The summed E-state index contributed by atoms with van der Waals surface area (Å²) in [5, 5.41) is 8.82. The lowest BCUT2D eigenvalue weighted by molar-refractivity contribution is -0.137. The summed E-state index contributed by atoms with van der Waals surface area (Å²) in [6.45, 7) is 1.41. The monoisotopic (exact) mass is 356 g/mol. The van der Waals surface area contributed by atoms with Crippen LogP contribution in [0.1, 0.15) is 38.0 Å². The second-order valence-electron chi connectivity index (χ2n) is 6.76. The van der Waals surface area contributed by atoms with Gasteiger partial charge in [0.05, 0.1) is 6.20 Å². The minimum absolute atomic E-state index is 0.0875. The third kappa shape index (κ3) is 4.94. The fraction of sp³-hybridized carbons (Fsp3) is 0.450. The summed E-state index contributed by atoms with van der Waals surface area (Å²) in [7, 11) is 0. The topological polar surface area (TPSA) is 83.6 Å². The quantitative estimate of drug-likeness (QED) is 0.822. The maximum absolute atomic E-state index is 12.5. The number of carboxylic acid groups (broad SMARTS) is 1. The van der Waals surface area contributed by atoms with Gasteiger partial charge < -0.3 is 14.4 Å². The van der Waals surface area contributed by atoms with Crippen LogP contribution in [0.15, 0.2) is 40.9 Å². The lowest BCUT2D eigenvalue weighted by atomic mass is 9.93. The van der Waals surface area contributed by atoms with Crippen LogP contribution < -0.4 is 0 Å². The number of carboxylic acids is 1. The van der Waals surface area contributed by atoms with E-state index in [0.29, 0.717) is 37.5 Å². The molecule has 0 saturated carbocycles. The number of oxazole rings is 1. The predicted molar refractivity (Wildman–Crippen MR) is 96.4 cm³/mol. The molecular weight excluding hydrogens is 332 g/mol. The molecule has 26 heavy (non-hydrogen) atoms. The van der Waals surface area contributed by atoms with Crippen LogP contribution in [0, 0.1) is 5.92 Å². The van der Waals surface area contributed by atoms with Gasteiger partial charge in [0.1, 0.15) is 0 Å². The Balaban J connectivity index is 1.49. The summed E-state index contributed by atoms with van der Waals surface area (Å²) in [4.78, 5) is 29.3. The van der Waals surface area contributed by atoms with E-state index in [1.807, 2.05) is 35.2 Å². The van der Waals surface area contributed by atoms with Crippen LogP contribution in [-0.4, -0.2) is 40.0 Å². The van der Waals surface area contributed by atoms with Gasteiger partial charge in [-0.1, -0.05) is 30.3 Å². The number of rotatable bonds is 7. The number of aryl methyl sites for hydroxylation is 1. The van der Waals surface area contributed by atoms with Gasteiger partial charge in [0.2, 0.25) is 5.91 Å². The zero-order valence-corrected chi connectivity index (χ0v) is 14.8. The molecule has 0 spiro atoms. The maximum atomic E-state index is 12.5. The average molecular weight is 356 g/mol. The average Bonchev–Trinajstić information content (AvgIpc) is 3.14. The van der Waals surface area contributed by atoms with E-state index in [4.69, 9.17) is 9.52 Å². The first kappa shape index (κ1) is 18.2. The van der Waals surface area contributed by atoms with E-state index >= 15 is 0 Å². The normalized spacial score (nSPS) is 17.2. The summed E-state index contributed by atoms with van der Waals surface area (Å²) < 4.78 is 5.75. The molecule has 1 fully saturated rings. The van der Waals surface area contributed by atoms with Crippen LogP contribution in [0.5, 0.6) is 0 Å². The fourth-order valence-electron chi connectivity index (χ4n) is 3.39. The lowest BCUT2D eigenvalue weighted by Crippen LogP contribution is -2.40. The van der Waals surface area contributed by atoms with Crippen LogP contribution in [0.4, 0.5) is 0 Å². The summed E-state index contributed by atoms with van der Waals surface area (Å²) in [6.07, 6.45) is 5.27. The maximum Gasteiger partial charge on any atom is 0.303 e. The highest BCUT2D eigenvalue weighted by Crippen LogP contribution is 2.23. The number of amides is 1. The van der Waals surface area contributed by atoms with E-state index in [1.54, 1.807) is 6.20 Å². The SMILES string of the molecule is O=C(O)CCC1CCCN(C(=O)CCc2ncc(-c3ccccc3)o2)C1. The second kappa shape index (κ2) is 8.65. The number of aliphatic carboxylic acids is 1. The zero-order chi connectivity index (χ0) is 18.4. The van der Waals surface area contributed by atoms with Crippen molar-refractivity contribution in [2.75, 3.05) is 13.1 Å². The first-order chi connectivity index (χ1) is 12.6. The van der Waals surface area contributed by atoms with Crippen molar-refractivity contribution < 1.29 is 19.1 Å². The number of benzene rings is 1. The molecule has 1 N–H and O–H groups in total. The Bertz CT molecular complexity index is 741. The van der Waals surface area contributed by atoms with Gasteiger partial charge in [0.25, 0.3) is 0 Å². The Morgan fingerprint density at radius 2 is 2.04 bits per heavy atom. The summed E-state index contributed by atoms with van der Waals surface area (Å²) in [6, 6.07) is 9.75. The number of nitrogens with zero attached hydrogens (tertiary/aromatic N) is 2. The van der Waals surface area contributed by atoms with E-state index in [-0.39, 0.29) is 18.2 Å².